The van der Waals surface area contributed by atoms with Crippen molar-refractivity contribution in [2.24, 2.45) is 0 Å². The summed E-state index contributed by atoms with van der Waals surface area (Å²) in [5.41, 5.74) is 2.04. The van der Waals surface area contributed by atoms with Crippen LogP contribution in [-0.2, 0) is 9.59 Å². The number of amides is 2. The highest BCUT2D eigenvalue weighted by Crippen LogP contribution is 2.41. The monoisotopic (exact) mass is 476 g/mol. The number of nitrogens with zero attached hydrogens (tertiary/aromatic N) is 1. The molecular weight excluding hydrogens is 448 g/mol. The molecule has 4 rings (SSSR count). The Kier molecular flexibility index (Phi) is 7.76. The molecule has 34 heavy (non-hydrogen) atoms. The minimum absolute atomic E-state index is 0.0488. The van der Waals surface area contributed by atoms with Gasteiger partial charge in [-0.1, -0.05) is 49.2 Å². The molecule has 0 bridgehead atoms. The van der Waals surface area contributed by atoms with Crippen LogP contribution in [0.2, 0.25) is 0 Å². The third-order valence-electron chi connectivity index (χ3n) is 6.07. The summed E-state index contributed by atoms with van der Waals surface area (Å²) in [7, 11) is 0. The van der Waals surface area contributed by atoms with Gasteiger partial charge in [0, 0.05) is 17.4 Å². The molecule has 3 N–H and O–H groups in total. The summed E-state index contributed by atoms with van der Waals surface area (Å²) in [5, 5.41) is 19.9. The molecule has 0 saturated heterocycles. The van der Waals surface area contributed by atoms with Crippen LogP contribution in [0.5, 0.6) is 0 Å². The van der Waals surface area contributed by atoms with Crippen LogP contribution in [0, 0.1) is 11.3 Å². The Balaban J connectivity index is 1.55. The molecule has 2 amide bonds. The van der Waals surface area contributed by atoms with Gasteiger partial charge in [0.05, 0.1) is 40.2 Å². The van der Waals surface area contributed by atoms with Crippen molar-refractivity contribution in [3.63, 3.8) is 0 Å². The highest BCUT2D eigenvalue weighted by atomic mass is 32.2. The molecule has 8 heteroatoms. The second-order valence-electron chi connectivity index (χ2n) is 8.48. The second-order valence-corrected chi connectivity index (χ2v) is 9.46. The molecular formula is C26H28N4O3S. The van der Waals surface area contributed by atoms with Crippen LogP contribution in [0.15, 0.2) is 75.0 Å². The minimum atomic E-state index is -0.672. The number of rotatable bonds is 7. The fourth-order valence-corrected chi connectivity index (χ4v) is 5.34. The van der Waals surface area contributed by atoms with E-state index in [0.717, 1.165) is 25.7 Å². The van der Waals surface area contributed by atoms with E-state index < -0.39 is 5.92 Å². The first kappa shape index (κ1) is 23.7. The number of carbonyl (C=O) groups excluding carboxylic acids is 2. The molecule has 1 aliphatic heterocycles. The van der Waals surface area contributed by atoms with Crippen LogP contribution in [0.4, 0.5) is 5.69 Å². The van der Waals surface area contributed by atoms with Crippen LogP contribution < -0.4 is 16.0 Å². The number of furan rings is 1. The van der Waals surface area contributed by atoms with Crippen molar-refractivity contribution in [1.29, 1.82) is 5.26 Å². The molecule has 1 aliphatic carbocycles. The van der Waals surface area contributed by atoms with E-state index in [2.05, 4.69) is 22.0 Å². The number of hydrogen-bond donors (Lipinski definition) is 3. The standard InChI is InChI=1S/C26H28N4O3S/c1-17-23(25(32)30-19-11-6-3-7-12-19)24(21-13-8-14-33-21)20(15-27)26(28-17)34-16-22(31)29-18-9-4-2-5-10-18/h3,6-8,11-14,18,24,28H,2,4-5,9-10,16H2,1H3,(H,29,31)(H,30,32)/t24-/m0/s1. The lowest BCUT2D eigenvalue weighted by atomic mass is 9.85. The van der Waals surface area contributed by atoms with Crippen molar-refractivity contribution < 1.29 is 14.0 Å². The Morgan fingerprint density at radius 2 is 1.91 bits per heavy atom. The lowest BCUT2D eigenvalue weighted by Gasteiger charge is -2.28. The van der Waals surface area contributed by atoms with Gasteiger partial charge in [-0.3, -0.25) is 9.59 Å². The van der Waals surface area contributed by atoms with Gasteiger partial charge in [-0.25, -0.2) is 0 Å². The number of carbonyl (C=O) groups is 2. The van der Waals surface area contributed by atoms with Gasteiger partial charge in [-0.05, 0) is 44.0 Å². The van der Waals surface area contributed by atoms with E-state index in [4.69, 9.17) is 4.42 Å². The van der Waals surface area contributed by atoms with E-state index in [9.17, 15) is 14.9 Å². The SMILES string of the molecule is CC1=C(C(=O)Nc2ccccc2)[C@H](c2ccco2)C(C#N)=C(SCC(=O)NC2CCCCC2)N1. The molecule has 1 saturated carbocycles. The summed E-state index contributed by atoms with van der Waals surface area (Å²) in [5.74, 6) is -0.348. The fourth-order valence-electron chi connectivity index (χ4n) is 4.44. The highest BCUT2D eigenvalue weighted by Gasteiger charge is 2.36. The largest absolute Gasteiger partial charge is 0.468 e. The predicted octanol–water partition coefficient (Wildman–Crippen LogP) is 4.80. The smallest absolute Gasteiger partial charge is 0.254 e. The van der Waals surface area contributed by atoms with Gasteiger partial charge in [-0.2, -0.15) is 5.26 Å². The molecule has 1 fully saturated rings. The lowest BCUT2D eigenvalue weighted by molar-refractivity contribution is -0.119. The van der Waals surface area contributed by atoms with Crippen molar-refractivity contribution in [2.45, 2.75) is 51.0 Å². The summed E-state index contributed by atoms with van der Waals surface area (Å²) >= 11 is 1.28. The van der Waals surface area contributed by atoms with Gasteiger partial charge in [0.1, 0.15) is 5.76 Å². The normalized spacial score (nSPS) is 18.8. The molecule has 1 atom stereocenters. The van der Waals surface area contributed by atoms with Crippen LogP contribution >= 0.6 is 11.8 Å². The predicted molar refractivity (Wildman–Crippen MR) is 132 cm³/mol. The lowest BCUT2D eigenvalue weighted by Crippen LogP contribution is -2.37. The van der Waals surface area contributed by atoms with Gasteiger partial charge in [0.15, 0.2) is 0 Å². The van der Waals surface area contributed by atoms with E-state index in [1.54, 1.807) is 31.2 Å². The molecule has 7 nitrogen and oxygen atoms in total. The first-order chi connectivity index (χ1) is 16.6. The Bertz CT molecular complexity index is 1130. The first-order valence-corrected chi connectivity index (χ1v) is 12.5. The van der Waals surface area contributed by atoms with E-state index >= 15 is 0 Å². The maximum Gasteiger partial charge on any atom is 0.254 e. The highest BCUT2D eigenvalue weighted by molar-refractivity contribution is 8.03. The van der Waals surface area contributed by atoms with Crippen LogP contribution in [0.1, 0.15) is 50.7 Å². The van der Waals surface area contributed by atoms with E-state index in [0.29, 0.717) is 33.3 Å². The number of thioether (sulfide) groups is 1. The number of nitrogens with one attached hydrogen (secondary N) is 3. The maximum absolute atomic E-state index is 13.3. The Hall–Kier alpha value is -3.44. The van der Waals surface area contributed by atoms with Gasteiger partial charge in [0.2, 0.25) is 5.91 Å². The van der Waals surface area contributed by atoms with Crippen molar-refractivity contribution >= 4 is 29.3 Å². The molecule has 176 valence electrons. The zero-order valence-corrected chi connectivity index (χ0v) is 19.9. The maximum atomic E-state index is 13.3. The van der Waals surface area contributed by atoms with Gasteiger partial charge >= 0.3 is 0 Å². The van der Waals surface area contributed by atoms with Gasteiger partial charge < -0.3 is 20.4 Å². The van der Waals surface area contributed by atoms with E-state index in [1.165, 1.54) is 24.4 Å². The van der Waals surface area contributed by atoms with Crippen LogP contribution in [0.3, 0.4) is 0 Å². The van der Waals surface area contributed by atoms with Crippen molar-refractivity contribution in [1.82, 2.24) is 10.6 Å². The summed E-state index contributed by atoms with van der Waals surface area (Å²) in [6, 6.07) is 15.1. The number of hydrogen-bond acceptors (Lipinski definition) is 6. The Morgan fingerprint density at radius 3 is 2.59 bits per heavy atom. The summed E-state index contributed by atoms with van der Waals surface area (Å²) in [6.07, 6.45) is 7.08. The number of anilines is 1. The molecule has 1 aromatic heterocycles. The van der Waals surface area contributed by atoms with Crippen molar-refractivity contribution in [3.8, 4) is 6.07 Å². The average molecular weight is 477 g/mol. The number of nitriles is 1. The zero-order chi connectivity index (χ0) is 23.9. The third-order valence-corrected chi connectivity index (χ3v) is 7.09. The molecule has 0 unspecified atom stereocenters. The molecule has 2 aliphatic rings. The minimum Gasteiger partial charge on any atom is -0.468 e. The quantitative estimate of drug-likeness (QED) is 0.530. The van der Waals surface area contributed by atoms with Crippen LogP contribution in [0.25, 0.3) is 0 Å². The fraction of sp³-hybridized carbons (Fsp3) is 0.346. The molecule has 2 aromatic rings. The Morgan fingerprint density at radius 1 is 1.15 bits per heavy atom. The topological polar surface area (TPSA) is 107 Å². The second kappa shape index (κ2) is 11.1. The van der Waals surface area contributed by atoms with E-state index in [1.807, 2.05) is 18.2 Å². The van der Waals surface area contributed by atoms with Crippen molar-refractivity contribution in [2.75, 3.05) is 11.1 Å². The summed E-state index contributed by atoms with van der Waals surface area (Å²) < 4.78 is 5.64. The number of dihydropyridines is 1. The number of allylic oxidation sites excluding steroid dienone is 2. The molecule has 2 heterocycles. The third kappa shape index (κ3) is 5.54. The van der Waals surface area contributed by atoms with Gasteiger partial charge in [0.25, 0.3) is 5.91 Å². The number of benzene rings is 1. The van der Waals surface area contributed by atoms with Crippen LogP contribution in [-0.4, -0.2) is 23.6 Å². The Labute approximate surface area is 203 Å². The summed E-state index contributed by atoms with van der Waals surface area (Å²) in [4.78, 5) is 25.8. The zero-order valence-electron chi connectivity index (χ0n) is 19.1. The van der Waals surface area contributed by atoms with E-state index in [-0.39, 0.29) is 23.6 Å². The molecule has 0 radical (unpaired) electrons. The van der Waals surface area contributed by atoms with Gasteiger partial charge in [-0.15, -0.1) is 0 Å². The summed E-state index contributed by atoms with van der Waals surface area (Å²) in [6.45, 7) is 1.80. The molecule has 0 spiro atoms. The molecule has 1 aromatic carbocycles. The average Bonchev–Trinajstić information content (AvgIpc) is 3.38. The van der Waals surface area contributed by atoms with Crippen molar-refractivity contribution in [3.05, 3.63) is 76.4 Å². The number of para-hydroxylation sites is 1. The first-order valence-electron chi connectivity index (χ1n) is 11.5.